The van der Waals surface area contributed by atoms with Crippen LogP contribution in [0.4, 0.5) is 5.69 Å². The Bertz CT molecular complexity index is 547. The van der Waals surface area contributed by atoms with Gasteiger partial charge in [-0.25, -0.2) is 0 Å². The van der Waals surface area contributed by atoms with Crippen molar-refractivity contribution >= 4 is 22.4 Å². The summed E-state index contributed by atoms with van der Waals surface area (Å²) in [5, 5.41) is 1.93. The van der Waals surface area contributed by atoms with Crippen LogP contribution in [0, 0.1) is 0 Å². The first-order valence-electron chi connectivity index (χ1n) is 5.09. The van der Waals surface area contributed by atoms with E-state index < -0.39 is 0 Å². The molecule has 0 fully saturated rings. The lowest BCUT2D eigenvalue weighted by molar-refractivity contribution is 0.0829. The number of hydrogen-bond acceptors (Lipinski definition) is 2. The summed E-state index contributed by atoms with van der Waals surface area (Å²) in [5.74, 6) is -0.0245. The molecule has 0 atom stereocenters. The van der Waals surface area contributed by atoms with Crippen molar-refractivity contribution in [3.8, 4) is 0 Å². The van der Waals surface area contributed by atoms with Crippen molar-refractivity contribution in [1.82, 2.24) is 4.90 Å². The molecule has 0 saturated carbocycles. The van der Waals surface area contributed by atoms with Crippen molar-refractivity contribution in [1.29, 1.82) is 0 Å². The quantitative estimate of drug-likeness (QED) is 0.739. The highest BCUT2D eigenvalue weighted by atomic mass is 16.2. The van der Waals surface area contributed by atoms with Gasteiger partial charge in [-0.3, -0.25) is 4.79 Å². The van der Waals surface area contributed by atoms with Gasteiger partial charge in [0, 0.05) is 25.3 Å². The molecule has 0 aliphatic carbocycles. The van der Waals surface area contributed by atoms with Gasteiger partial charge < -0.3 is 10.6 Å². The molecule has 0 unspecified atom stereocenters. The Balaban J connectivity index is 2.72. The van der Waals surface area contributed by atoms with Gasteiger partial charge in [0.15, 0.2) is 0 Å². The highest BCUT2D eigenvalue weighted by molar-refractivity contribution is 6.08. The van der Waals surface area contributed by atoms with E-state index in [1.807, 2.05) is 30.3 Å². The number of nitrogens with zero attached hydrogens (tertiary/aromatic N) is 1. The molecule has 0 aliphatic rings. The number of carbonyl (C=O) groups excluding carboxylic acids is 1. The van der Waals surface area contributed by atoms with E-state index in [1.165, 1.54) is 0 Å². The van der Waals surface area contributed by atoms with Crippen LogP contribution in [0.1, 0.15) is 10.4 Å². The SMILES string of the molecule is CN(C)C(=O)c1cc(N)cc2ccccc12. The van der Waals surface area contributed by atoms with Crippen LogP contribution in [-0.4, -0.2) is 24.9 Å². The average Bonchev–Trinajstić information content (AvgIpc) is 2.26. The molecule has 2 aromatic rings. The van der Waals surface area contributed by atoms with Crippen LogP contribution in [0.3, 0.4) is 0 Å². The summed E-state index contributed by atoms with van der Waals surface area (Å²) >= 11 is 0. The standard InChI is InChI=1S/C13H14N2O/c1-15(2)13(16)12-8-10(14)7-9-5-3-4-6-11(9)12/h3-8H,14H2,1-2H3. The van der Waals surface area contributed by atoms with Crippen molar-refractivity contribution in [3.05, 3.63) is 42.0 Å². The van der Waals surface area contributed by atoms with E-state index in [9.17, 15) is 4.79 Å². The number of nitrogen functional groups attached to an aromatic ring is 1. The summed E-state index contributed by atoms with van der Waals surface area (Å²) in [6, 6.07) is 11.4. The molecule has 3 nitrogen and oxygen atoms in total. The van der Waals surface area contributed by atoms with Gasteiger partial charge in [0.25, 0.3) is 5.91 Å². The molecule has 0 spiro atoms. The molecule has 0 saturated heterocycles. The Labute approximate surface area is 94.5 Å². The molecule has 82 valence electrons. The third-order valence-electron chi connectivity index (χ3n) is 2.52. The van der Waals surface area contributed by atoms with Crippen LogP contribution in [0.5, 0.6) is 0 Å². The van der Waals surface area contributed by atoms with Crippen molar-refractivity contribution in [2.24, 2.45) is 0 Å². The molecular formula is C13H14N2O. The molecule has 0 heterocycles. The van der Waals surface area contributed by atoms with E-state index >= 15 is 0 Å². The van der Waals surface area contributed by atoms with Crippen LogP contribution < -0.4 is 5.73 Å². The molecule has 1 amide bonds. The summed E-state index contributed by atoms with van der Waals surface area (Å²) in [5.41, 5.74) is 7.06. The second kappa shape index (κ2) is 3.85. The lowest BCUT2D eigenvalue weighted by atomic mass is 10.0. The molecule has 2 aromatic carbocycles. The van der Waals surface area contributed by atoms with E-state index in [0.717, 1.165) is 10.8 Å². The number of nitrogens with two attached hydrogens (primary N) is 1. The number of amides is 1. The lowest BCUT2D eigenvalue weighted by Crippen LogP contribution is -2.22. The molecule has 16 heavy (non-hydrogen) atoms. The zero-order valence-corrected chi connectivity index (χ0v) is 9.40. The Morgan fingerprint density at radius 1 is 1.19 bits per heavy atom. The Hall–Kier alpha value is -2.03. The maximum Gasteiger partial charge on any atom is 0.254 e. The molecular weight excluding hydrogens is 200 g/mol. The fourth-order valence-corrected chi connectivity index (χ4v) is 1.75. The van der Waals surface area contributed by atoms with Crippen molar-refractivity contribution < 1.29 is 4.79 Å². The highest BCUT2D eigenvalue weighted by Gasteiger charge is 2.12. The average molecular weight is 214 g/mol. The predicted molar refractivity (Wildman–Crippen MR) is 66.4 cm³/mol. The minimum Gasteiger partial charge on any atom is -0.399 e. The first kappa shape index (κ1) is 10.5. The van der Waals surface area contributed by atoms with Gasteiger partial charge in [-0.2, -0.15) is 0 Å². The summed E-state index contributed by atoms with van der Waals surface area (Å²) in [6.07, 6.45) is 0. The summed E-state index contributed by atoms with van der Waals surface area (Å²) in [6.45, 7) is 0. The number of anilines is 1. The number of rotatable bonds is 1. The number of carbonyl (C=O) groups is 1. The third-order valence-corrected chi connectivity index (χ3v) is 2.52. The number of fused-ring (bicyclic) bond motifs is 1. The van der Waals surface area contributed by atoms with Gasteiger partial charge in [-0.05, 0) is 22.9 Å². The topological polar surface area (TPSA) is 46.3 Å². The minimum absolute atomic E-state index is 0.0245. The first-order valence-corrected chi connectivity index (χ1v) is 5.09. The Morgan fingerprint density at radius 2 is 1.88 bits per heavy atom. The summed E-state index contributed by atoms with van der Waals surface area (Å²) < 4.78 is 0. The minimum atomic E-state index is -0.0245. The maximum absolute atomic E-state index is 12.0. The van der Waals surface area contributed by atoms with Crippen molar-refractivity contribution in [2.75, 3.05) is 19.8 Å². The monoisotopic (exact) mass is 214 g/mol. The molecule has 2 N–H and O–H groups in total. The summed E-state index contributed by atoms with van der Waals surface area (Å²) in [7, 11) is 3.47. The molecule has 0 radical (unpaired) electrons. The molecule has 0 aromatic heterocycles. The smallest absolute Gasteiger partial charge is 0.254 e. The van der Waals surface area contributed by atoms with Gasteiger partial charge in [0.2, 0.25) is 0 Å². The highest BCUT2D eigenvalue weighted by Crippen LogP contribution is 2.23. The first-order chi connectivity index (χ1) is 7.59. The second-order valence-electron chi connectivity index (χ2n) is 3.99. The van der Waals surface area contributed by atoms with E-state index in [2.05, 4.69) is 0 Å². The number of benzene rings is 2. The zero-order valence-electron chi connectivity index (χ0n) is 9.40. The fourth-order valence-electron chi connectivity index (χ4n) is 1.75. The van der Waals surface area contributed by atoms with Gasteiger partial charge in [-0.1, -0.05) is 24.3 Å². The van der Waals surface area contributed by atoms with Gasteiger partial charge in [0.05, 0.1) is 0 Å². The molecule has 2 rings (SSSR count). The van der Waals surface area contributed by atoms with Crippen LogP contribution in [-0.2, 0) is 0 Å². The van der Waals surface area contributed by atoms with Crippen LogP contribution in [0.2, 0.25) is 0 Å². The van der Waals surface area contributed by atoms with E-state index in [4.69, 9.17) is 5.73 Å². The van der Waals surface area contributed by atoms with Gasteiger partial charge in [-0.15, -0.1) is 0 Å². The predicted octanol–water partition coefficient (Wildman–Crippen LogP) is 2.12. The largest absolute Gasteiger partial charge is 0.399 e. The van der Waals surface area contributed by atoms with E-state index in [1.54, 1.807) is 25.1 Å². The van der Waals surface area contributed by atoms with Gasteiger partial charge in [0.1, 0.15) is 0 Å². The van der Waals surface area contributed by atoms with Crippen molar-refractivity contribution in [2.45, 2.75) is 0 Å². The van der Waals surface area contributed by atoms with Crippen LogP contribution in [0.25, 0.3) is 10.8 Å². The summed E-state index contributed by atoms with van der Waals surface area (Å²) in [4.78, 5) is 13.5. The second-order valence-corrected chi connectivity index (χ2v) is 3.99. The molecule has 0 aliphatic heterocycles. The van der Waals surface area contributed by atoms with E-state index in [0.29, 0.717) is 11.3 Å². The van der Waals surface area contributed by atoms with Crippen LogP contribution in [0.15, 0.2) is 36.4 Å². The Kier molecular flexibility index (Phi) is 2.52. The number of hydrogen-bond donors (Lipinski definition) is 1. The fraction of sp³-hybridized carbons (Fsp3) is 0.154. The van der Waals surface area contributed by atoms with Crippen LogP contribution >= 0.6 is 0 Å². The maximum atomic E-state index is 12.0. The van der Waals surface area contributed by atoms with E-state index in [-0.39, 0.29) is 5.91 Å². The molecule has 3 heteroatoms. The normalized spacial score (nSPS) is 10.4. The molecule has 0 bridgehead atoms. The van der Waals surface area contributed by atoms with Gasteiger partial charge >= 0.3 is 0 Å². The lowest BCUT2D eigenvalue weighted by Gasteiger charge is -2.13. The van der Waals surface area contributed by atoms with Crippen molar-refractivity contribution in [3.63, 3.8) is 0 Å². The third kappa shape index (κ3) is 1.72. The Morgan fingerprint density at radius 3 is 2.56 bits per heavy atom. The zero-order chi connectivity index (χ0) is 11.7.